The minimum Gasteiger partial charge on any atom is -0.497 e. The Kier molecular flexibility index (Phi) is 7.31. The van der Waals surface area contributed by atoms with Gasteiger partial charge in [-0.15, -0.1) is 0 Å². The molecule has 7 heteroatoms. The van der Waals surface area contributed by atoms with Gasteiger partial charge in [0.05, 0.1) is 13.7 Å². The first-order valence-corrected chi connectivity index (χ1v) is 8.38. The Labute approximate surface area is 157 Å². The number of carbonyl (C=O) groups excluding carboxylic acids is 1. The third kappa shape index (κ3) is 6.38. The summed E-state index contributed by atoms with van der Waals surface area (Å²) in [5.74, 6) is -1.31. The fourth-order valence-electron chi connectivity index (χ4n) is 2.50. The van der Waals surface area contributed by atoms with Gasteiger partial charge < -0.3 is 19.5 Å². The van der Waals surface area contributed by atoms with E-state index in [9.17, 15) is 14.0 Å². The first-order chi connectivity index (χ1) is 12.9. The zero-order valence-electron chi connectivity index (χ0n) is 15.2. The maximum Gasteiger partial charge on any atom is 0.323 e. The number of halogens is 1. The van der Waals surface area contributed by atoms with Gasteiger partial charge in [-0.25, -0.2) is 4.39 Å². The first kappa shape index (κ1) is 20.4. The molecule has 6 nitrogen and oxygen atoms in total. The quantitative estimate of drug-likeness (QED) is 0.729. The number of methoxy groups -OCH3 is 1. The minimum atomic E-state index is -1.13. The molecule has 1 unspecified atom stereocenters. The van der Waals surface area contributed by atoms with Crippen LogP contribution in [0.5, 0.6) is 5.75 Å². The summed E-state index contributed by atoms with van der Waals surface area (Å²) in [7, 11) is 1.56. The molecule has 0 aliphatic rings. The second-order valence-corrected chi connectivity index (χ2v) is 6.02. The number of carboxylic acid groups (broad SMARTS) is 1. The highest BCUT2D eigenvalue weighted by atomic mass is 19.1. The highest BCUT2D eigenvalue weighted by Crippen LogP contribution is 2.15. The van der Waals surface area contributed by atoms with Crippen LogP contribution < -0.4 is 4.74 Å². The molecule has 0 radical (unpaired) electrons. The van der Waals surface area contributed by atoms with Gasteiger partial charge in [0.25, 0.3) is 5.91 Å². The fraction of sp³-hybridized carbons (Fsp3) is 0.300. The van der Waals surface area contributed by atoms with Crippen LogP contribution in [0.25, 0.3) is 0 Å². The second-order valence-electron chi connectivity index (χ2n) is 6.02. The lowest BCUT2D eigenvalue weighted by atomic mass is 10.2. The van der Waals surface area contributed by atoms with E-state index in [4.69, 9.17) is 14.6 Å². The van der Waals surface area contributed by atoms with Crippen LogP contribution in [0.2, 0.25) is 0 Å². The van der Waals surface area contributed by atoms with Crippen LogP contribution in [0.3, 0.4) is 0 Å². The lowest BCUT2D eigenvalue weighted by molar-refractivity contribution is -0.151. The number of rotatable bonds is 9. The molecule has 2 rings (SSSR count). The molecule has 0 heterocycles. The number of amides is 1. The van der Waals surface area contributed by atoms with Crippen molar-refractivity contribution in [3.8, 4) is 5.75 Å². The molecular formula is C20H22FNO5. The average Bonchev–Trinajstić information content (AvgIpc) is 2.66. The van der Waals surface area contributed by atoms with Crippen molar-refractivity contribution in [2.45, 2.75) is 26.2 Å². The van der Waals surface area contributed by atoms with E-state index < -0.39 is 30.3 Å². The molecule has 2 aromatic rings. The molecule has 0 saturated heterocycles. The number of carboxylic acids is 1. The monoisotopic (exact) mass is 375 g/mol. The molecule has 1 amide bonds. The number of hydrogen-bond donors (Lipinski definition) is 1. The third-order valence-corrected chi connectivity index (χ3v) is 3.91. The number of nitrogens with zero attached hydrogens (tertiary/aromatic N) is 1. The van der Waals surface area contributed by atoms with Gasteiger partial charge in [0.15, 0.2) is 0 Å². The molecule has 2 aromatic carbocycles. The molecule has 0 aromatic heterocycles. The summed E-state index contributed by atoms with van der Waals surface area (Å²) in [6, 6.07) is 12.8. The fourth-order valence-corrected chi connectivity index (χ4v) is 2.50. The number of carbonyl (C=O) groups is 2. The van der Waals surface area contributed by atoms with E-state index in [2.05, 4.69) is 0 Å². The van der Waals surface area contributed by atoms with Gasteiger partial charge in [-0.3, -0.25) is 9.59 Å². The Morgan fingerprint density at radius 3 is 2.48 bits per heavy atom. The van der Waals surface area contributed by atoms with Crippen LogP contribution in [0, 0.1) is 5.82 Å². The van der Waals surface area contributed by atoms with Crippen LogP contribution in [-0.4, -0.2) is 41.6 Å². The molecular weight excluding hydrogens is 353 g/mol. The third-order valence-electron chi connectivity index (χ3n) is 3.91. The van der Waals surface area contributed by atoms with Crippen molar-refractivity contribution in [3.63, 3.8) is 0 Å². The van der Waals surface area contributed by atoms with Crippen molar-refractivity contribution in [2.75, 3.05) is 13.7 Å². The Bertz CT molecular complexity index is 778. The molecule has 0 bridgehead atoms. The summed E-state index contributed by atoms with van der Waals surface area (Å²) in [4.78, 5) is 24.9. The summed E-state index contributed by atoms with van der Waals surface area (Å²) in [5, 5.41) is 9.09. The highest BCUT2D eigenvalue weighted by Gasteiger charge is 2.23. The van der Waals surface area contributed by atoms with Crippen LogP contribution in [-0.2, 0) is 27.5 Å². The van der Waals surface area contributed by atoms with Crippen molar-refractivity contribution in [2.24, 2.45) is 0 Å². The van der Waals surface area contributed by atoms with Gasteiger partial charge in [0, 0.05) is 6.54 Å². The van der Waals surface area contributed by atoms with Crippen LogP contribution in [0.1, 0.15) is 18.1 Å². The molecule has 144 valence electrons. The number of hydrogen-bond acceptors (Lipinski definition) is 4. The number of benzene rings is 2. The predicted octanol–water partition coefficient (Wildman–Crippen LogP) is 2.85. The maximum atomic E-state index is 13.0. The Balaban J connectivity index is 2.01. The topological polar surface area (TPSA) is 76.1 Å². The van der Waals surface area contributed by atoms with Crippen molar-refractivity contribution in [1.82, 2.24) is 4.90 Å². The van der Waals surface area contributed by atoms with Crippen molar-refractivity contribution < 1.29 is 28.6 Å². The number of aliphatic carboxylic acids is 1. The van der Waals surface area contributed by atoms with Gasteiger partial charge in [-0.05, 0) is 42.3 Å². The smallest absolute Gasteiger partial charge is 0.323 e. The van der Waals surface area contributed by atoms with Gasteiger partial charge in [0.2, 0.25) is 0 Å². The van der Waals surface area contributed by atoms with Gasteiger partial charge in [0.1, 0.15) is 24.2 Å². The van der Waals surface area contributed by atoms with Crippen LogP contribution in [0.15, 0.2) is 48.5 Å². The molecule has 1 atom stereocenters. The van der Waals surface area contributed by atoms with E-state index in [1.165, 1.54) is 29.2 Å². The summed E-state index contributed by atoms with van der Waals surface area (Å²) < 4.78 is 23.8. The maximum absolute atomic E-state index is 13.0. The van der Waals surface area contributed by atoms with Crippen molar-refractivity contribution >= 4 is 11.9 Å². The zero-order chi connectivity index (χ0) is 19.8. The summed E-state index contributed by atoms with van der Waals surface area (Å²) in [6.07, 6.45) is -0.837. The highest BCUT2D eigenvalue weighted by molar-refractivity contribution is 5.84. The van der Waals surface area contributed by atoms with Crippen LogP contribution >= 0.6 is 0 Å². The van der Waals surface area contributed by atoms with E-state index >= 15 is 0 Å². The summed E-state index contributed by atoms with van der Waals surface area (Å²) in [5.41, 5.74) is 1.46. The first-order valence-electron chi connectivity index (χ1n) is 8.38. The minimum absolute atomic E-state index is 0.0538. The number of ether oxygens (including phenoxy) is 2. The summed E-state index contributed by atoms with van der Waals surface area (Å²) >= 11 is 0. The molecule has 0 fully saturated rings. The molecule has 0 aliphatic carbocycles. The van der Waals surface area contributed by atoms with E-state index in [0.29, 0.717) is 11.3 Å². The normalized spacial score (nSPS) is 11.7. The van der Waals surface area contributed by atoms with E-state index in [1.807, 2.05) is 12.1 Å². The largest absolute Gasteiger partial charge is 0.497 e. The van der Waals surface area contributed by atoms with Crippen molar-refractivity contribution in [1.29, 1.82) is 0 Å². The Hall–Kier alpha value is -2.93. The Morgan fingerprint density at radius 2 is 1.85 bits per heavy atom. The lowest BCUT2D eigenvalue weighted by Gasteiger charge is -2.24. The van der Waals surface area contributed by atoms with Crippen LogP contribution in [0.4, 0.5) is 4.39 Å². The molecule has 0 aliphatic heterocycles. The molecule has 0 spiro atoms. The van der Waals surface area contributed by atoms with Gasteiger partial charge in [-0.1, -0.05) is 24.3 Å². The molecule has 1 N–H and O–H groups in total. The lowest BCUT2D eigenvalue weighted by Crippen LogP contribution is -2.41. The van der Waals surface area contributed by atoms with Gasteiger partial charge >= 0.3 is 5.97 Å². The second kappa shape index (κ2) is 9.68. The summed E-state index contributed by atoms with van der Waals surface area (Å²) in [6.45, 7) is 1.34. The van der Waals surface area contributed by atoms with Gasteiger partial charge in [-0.2, -0.15) is 0 Å². The predicted molar refractivity (Wildman–Crippen MR) is 96.7 cm³/mol. The SMILES string of the molecule is COc1cccc(COC(C)C(=O)N(CC(=O)O)Cc2ccc(F)cc2)c1. The standard InChI is InChI=1S/C20H22FNO5/c1-14(27-13-16-4-3-5-18(10-16)26-2)20(25)22(12-19(23)24)11-15-6-8-17(21)9-7-15/h3-10,14H,11-13H2,1-2H3,(H,23,24). The van der Waals surface area contributed by atoms with E-state index in [1.54, 1.807) is 26.2 Å². The Morgan fingerprint density at radius 1 is 1.15 bits per heavy atom. The van der Waals surface area contributed by atoms with E-state index in [0.717, 1.165) is 5.56 Å². The average molecular weight is 375 g/mol. The zero-order valence-corrected chi connectivity index (χ0v) is 15.2. The van der Waals surface area contributed by atoms with Crippen molar-refractivity contribution in [3.05, 3.63) is 65.5 Å². The molecule has 27 heavy (non-hydrogen) atoms. The van der Waals surface area contributed by atoms with E-state index in [-0.39, 0.29) is 13.2 Å². The molecule has 0 saturated carbocycles.